The van der Waals surface area contributed by atoms with Gasteiger partial charge in [0, 0.05) is 18.6 Å². The molecule has 0 saturated heterocycles. The van der Waals surface area contributed by atoms with E-state index in [1.807, 2.05) is 13.0 Å². The Kier molecular flexibility index (Phi) is 6.84. The maximum Gasteiger partial charge on any atom is 0.0666 e. The summed E-state index contributed by atoms with van der Waals surface area (Å²) in [6, 6.07) is 2.21. The summed E-state index contributed by atoms with van der Waals surface area (Å²) in [7, 11) is 0. The minimum Gasteiger partial charge on any atom is -0.299 e. The van der Waals surface area contributed by atoms with Crippen LogP contribution in [0.3, 0.4) is 0 Å². The van der Waals surface area contributed by atoms with E-state index in [-0.39, 0.29) is 5.92 Å². The number of hydrogen-bond donors (Lipinski definition) is 0. The Morgan fingerprint density at radius 1 is 1.67 bits per heavy atom. The summed E-state index contributed by atoms with van der Waals surface area (Å²) >= 11 is 5.40. The first-order valence-electron chi connectivity index (χ1n) is 4.11. The van der Waals surface area contributed by atoms with Gasteiger partial charge in [-0.25, -0.2) is 0 Å². The Bertz CT molecular complexity index is 172. The smallest absolute Gasteiger partial charge is 0.0666 e. The zero-order valence-electron chi connectivity index (χ0n) is 7.63. The largest absolute Gasteiger partial charge is 0.299 e. The summed E-state index contributed by atoms with van der Waals surface area (Å²) in [5.74, 6) is 0.0914. The number of rotatable bonds is 5. The van der Waals surface area contributed by atoms with Crippen molar-refractivity contribution < 1.29 is 0 Å². The topological polar surface area (TPSA) is 27.0 Å². The second-order valence-corrected chi connectivity index (χ2v) is 3.00. The van der Waals surface area contributed by atoms with Crippen molar-refractivity contribution in [2.45, 2.75) is 13.8 Å². The van der Waals surface area contributed by atoms with Gasteiger partial charge in [-0.05, 0) is 13.5 Å². The molecule has 3 heteroatoms. The fourth-order valence-corrected chi connectivity index (χ4v) is 1.03. The summed E-state index contributed by atoms with van der Waals surface area (Å²) in [5, 5.41) is 8.58. The average Bonchev–Trinajstić information content (AvgIpc) is 2.11. The first-order chi connectivity index (χ1) is 5.74. The Labute approximate surface area is 79.4 Å². The normalized spacial score (nSPS) is 13.6. The van der Waals surface area contributed by atoms with Gasteiger partial charge in [-0.15, -0.1) is 0 Å². The Morgan fingerprint density at radius 2 is 2.33 bits per heavy atom. The number of nitriles is 1. The molecular formula is C9H15ClN2. The highest BCUT2D eigenvalue weighted by Crippen LogP contribution is 1.98. The predicted octanol–water partition coefficient (Wildman–Crippen LogP) is 2.22. The van der Waals surface area contributed by atoms with E-state index in [4.69, 9.17) is 16.9 Å². The van der Waals surface area contributed by atoms with E-state index in [9.17, 15) is 0 Å². The molecular weight excluding hydrogens is 172 g/mol. The van der Waals surface area contributed by atoms with E-state index in [0.717, 1.165) is 19.6 Å². The molecule has 1 atom stereocenters. The summed E-state index contributed by atoms with van der Waals surface area (Å²) in [4.78, 5) is 2.17. The molecule has 68 valence electrons. The van der Waals surface area contributed by atoms with Crippen LogP contribution in [0.15, 0.2) is 11.6 Å². The third-order valence-corrected chi connectivity index (χ3v) is 1.83. The van der Waals surface area contributed by atoms with Gasteiger partial charge < -0.3 is 0 Å². The predicted molar refractivity (Wildman–Crippen MR) is 51.9 cm³/mol. The van der Waals surface area contributed by atoms with Crippen LogP contribution in [0, 0.1) is 17.2 Å². The third-order valence-electron chi connectivity index (χ3n) is 1.65. The molecule has 0 aromatic rings. The number of likely N-dealkylation sites (N-methyl/N-ethyl adjacent to an activating group) is 1. The highest BCUT2D eigenvalue weighted by molar-refractivity contribution is 6.25. The zero-order chi connectivity index (χ0) is 9.40. The number of nitrogens with zero attached hydrogens (tertiary/aromatic N) is 2. The lowest BCUT2D eigenvalue weighted by Gasteiger charge is -2.18. The summed E-state index contributed by atoms with van der Waals surface area (Å²) in [6.07, 6.45) is 1.88. The molecule has 0 amide bonds. The molecule has 0 aromatic carbocycles. The number of hydrogen-bond acceptors (Lipinski definition) is 2. The summed E-state index contributed by atoms with van der Waals surface area (Å²) in [6.45, 7) is 6.59. The van der Waals surface area contributed by atoms with Crippen molar-refractivity contribution in [3.8, 4) is 6.07 Å². The van der Waals surface area contributed by atoms with Gasteiger partial charge in [0.05, 0.1) is 12.0 Å². The maximum absolute atomic E-state index is 8.58. The van der Waals surface area contributed by atoms with E-state index >= 15 is 0 Å². The highest BCUT2D eigenvalue weighted by atomic mass is 35.5. The van der Waals surface area contributed by atoms with Gasteiger partial charge in [-0.2, -0.15) is 5.26 Å². The van der Waals surface area contributed by atoms with E-state index in [1.54, 1.807) is 0 Å². The molecule has 2 nitrogen and oxygen atoms in total. The van der Waals surface area contributed by atoms with Crippen molar-refractivity contribution in [3.63, 3.8) is 0 Å². The van der Waals surface area contributed by atoms with Crippen LogP contribution < -0.4 is 0 Å². The molecule has 0 rings (SSSR count). The van der Waals surface area contributed by atoms with Crippen LogP contribution in [0.1, 0.15) is 13.8 Å². The first-order valence-corrected chi connectivity index (χ1v) is 4.55. The summed E-state index contributed by atoms with van der Waals surface area (Å²) < 4.78 is 0. The standard InChI is InChI=1S/C9H15ClN2/c1-3-12(6-4-5-10)8-9(2)7-11/h4-5,9H,3,6,8H2,1-2H3. The Balaban J connectivity index is 3.76. The molecule has 0 bridgehead atoms. The van der Waals surface area contributed by atoms with Gasteiger partial charge in [0.25, 0.3) is 0 Å². The van der Waals surface area contributed by atoms with Gasteiger partial charge >= 0.3 is 0 Å². The molecule has 0 aromatic heterocycles. The molecule has 0 spiro atoms. The van der Waals surface area contributed by atoms with Crippen molar-refractivity contribution in [3.05, 3.63) is 11.6 Å². The van der Waals surface area contributed by atoms with Crippen molar-refractivity contribution in [1.82, 2.24) is 4.90 Å². The monoisotopic (exact) mass is 186 g/mol. The van der Waals surface area contributed by atoms with Crippen LogP contribution in [0.5, 0.6) is 0 Å². The fraction of sp³-hybridized carbons (Fsp3) is 0.667. The lowest BCUT2D eigenvalue weighted by molar-refractivity contribution is 0.296. The maximum atomic E-state index is 8.58. The SMILES string of the molecule is CCN(CC=CCl)CC(C)C#N. The minimum absolute atomic E-state index is 0.0914. The van der Waals surface area contributed by atoms with Crippen molar-refractivity contribution in [2.24, 2.45) is 5.92 Å². The van der Waals surface area contributed by atoms with Gasteiger partial charge in [-0.3, -0.25) is 4.90 Å². The van der Waals surface area contributed by atoms with E-state index in [0.29, 0.717) is 0 Å². The van der Waals surface area contributed by atoms with Crippen LogP contribution >= 0.6 is 11.6 Å². The first kappa shape index (κ1) is 11.5. The molecule has 0 saturated carbocycles. The molecule has 0 fully saturated rings. The summed E-state index contributed by atoms with van der Waals surface area (Å²) in [5.41, 5.74) is 1.51. The van der Waals surface area contributed by atoms with Gasteiger partial charge in [-0.1, -0.05) is 24.6 Å². The van der Waals surface area contributed by atoms with Gasteiger partial charge in [0.2, 0.25) is 0 Å². The van der Waals surface area contributed by atoms with Crippen LogP contribution in [0.2, 0.25) is 0 Å². The Morgan fingerprint density at radius 3 is 2.75 bits per heavy atom. The molecule has 0 heterocycles. The molecule has 0 aliphatic heterocycles. The Hall–Kier alpha value is -0.520. The second-order valence-electron chi connectivity index (χ2n) is 2.74. The second kappa shape index (κ2) is 7.15. The lowest BCUT2D eigenvalue weighted by Crippen LogP contribution is -2.28. The average molecular weight is 187 g/mol. The third kappa shape index (κ3) is 5.17. The van der Waals surface area contributed by atoms with Crippen molar-refractivity contribution >= 4 is 11.6 Å². The highest BCUT2D eigenvalue weighted by Gasteiger charge is 2.05. The van der Waals surface area contributed by atoms with E-state index in [2.05, 4.69) is 17.9 Å². The van der Waals surface area contributed by atoms with E-state index in [1.165, 1.54) is 5.54 Å². The van der Waals surface area contributed by atoms with Gasteiger partial charge in [0.1, 0.15) is 0 Å². The molecule has 1 unspecified atom stereocenters. The van der Waals surface area contributed by atoms with Crippen LogP contribution in [-0.4, -0.2) is 24.5 Å². The molecule has 0 aliphatic carbocycles. The van der Waals surface area contributed by atoms with Crippen LogP contribution in [-0.2, 0) is 0 Å². The fourth-order valence-electron chi connectivity index (χ4n) is 0.950. The zero-order valence-corrected chi connectivity index (χ0v) is 8.38. The quantitative estimate of drug-likeness (QED) is 0.659. The van der Waals surface area contributed by atoms with Crippen molar-refractivity contribution in [2.75, 3.05) is 19.6 Å². The molecule has 0 radical (unpaired) electrons. The van der Waals surface area contributed by atoms with Crippen LogP contribution in [0.4, 0.5) is 0 Å². The van der Waals surface area contributed by atoms with E-state index < -0.39 is 0 Å². The van der Waals surface area contributed by atoms with Crippen molar-refractivity contribution in [1.29, 1.82) is 5.26 Å². The molecule has 0 N–H and O–H groups in total. The number of halogens is 1. The molecule has 0 aliphatic rings. The lowest BCUT2D eigenvalue weighted by atomic mass is 10.2. The minimum atomic E-state index is 0.0914. The van der Waals surface area contributed by atoms with Gasteiger partial charge in [0.15, 0.2) is 0 Å². The molecule has 12 heavy (non-hydrogen) atoms. The van der Waals surface area contributed by atoms with Crippen LogP contribution in [0.25, 0.3) is 0 Å².